The van der Waals surface area contributed by atoms with E-state index in [1.807, 2.05) is 39.0 Å². The fourth-order valence-electron chi connectivity index (χ4n) is 4.00. The first-order valence-electron chi connectivity index (χ1n) is 10.1. The highest BCUT2D eigenvalue weighted by atomic mass is 32.2. The van der Waals surface area contributed by atoms with E-state index >= 15 is 0 Å². The Balaban J connectivity index is 1.52. The van der Waals surface area contributed by atoms with Gasteiger partial charge in [-0.1, -0.05) is 36.4 Å². The van der Waals surface area contributed by atoms with Crippen LogP contribution in [0.25, 0.3) is 0 Å². The summed E-state index contributed by atoms with van der Waals surface area (Å²) in [6.07, 6.45) is 4.20. The van der Waals surface area contributed by atoms with Gasteiger partial charge in [0, 0.05) is 11.6 Å². The SMILES string of the molecule is CC(C)(C)S(=O)NC1=C2CCC1Cc1ccc(OCc3ccccc3)cc1C2. The number of hydrogen-bond acceptors (Lipinski definition) is 2. The molecular weight excluding hydrogens is 366 g/mol. The van der Waals surface area contributed by atoms with Gasteiger partial charge in [-0.25, -0.2) is 4.21 Å². The van der Waals surface area contributed by atoms with Gasteiger partial charge in [0.15, 0.2) is 0 Å². The average molecular weight is 396 g/mol. The van der Waals surface area contributed by atoms with Gasteiger partial charge in [0.05, 0.1) is 4.75 Å². The molecule has 2 aliphatic rings. The van der Waals surface area contributed by atoms with E-state index in [1.165, 1.54) is 28.0 Å². The summed E-state index contributed by atoms with van der Waals surface area (Å²) in [7, 11) is -1.07. The first-order valence-corrected chi connectivity index (χ1v) is 11.2. The van der Waals surface area contributed by atoms with Gasteiger partial charge in [0.1, 0.15) is 23.3 Å². The Morgan fingerprint density at radius 1 is 1.11 bits per heavy atom. The number of hydrogen-bond donors (Lipinski definition) is 1. The Morgan fingerprint density at radius 3 is 2.64 bits per heavy atom. The van der Waals surface area contributed by atoms with E-state index in [0.717, 1.165) is 31.4 Å². The molecule has 4 heteroatoms. The molecule has 2 bridgehead atoms. The quantitative estimate of drug-likeness (QED) is 0.767. The summed E-state index contributed by atoms with van der Waals surface area (Å²) in [6.45, 7) is 6.64. The number of fused-ring (bicyclic) bond motifs is 2. The third-order valence-electron chi connectivity index (χ3n) is 5.64. The molecule has 0 radical (unpaired) electrons. The second-order valence-electron chi connectivity index (χ2n) is 8.82. The van der Waals surface area contributed by atoms with Crippen LogP contribution in [0.4, 0.5) is 0 Å². The lowest BCUT2D eigenvalue weighted by atomic mass is 9.92. The average Bonchev–Trinajstić information content (AvgIpc) is 2.94. The van der Waals surface area contributed by atoms with Crippen LogP contribution in [0.1, 0.15) is 50.3 Å². The number of ether oxygens (including phenoxy) is 1. The molecule has 0 amide bonds. The number of benzene rings is 2. The largest absolute Gasteiger partial charge is 0.489 e. The van der Waals surface area contributed by atoms with E-state index in [-0.39, 0.29) is 4.75 Å². The molecule has 4 rings (SSSR count). The Labute approximate surface area is 170 Å². The van der Waals surface area contributed by atoms with E-state index in [9.17, 15) is 4.21 Å². The van der Waals surface area contributed by atoms with Crippen molar-refractivity contribution in [3.63, 3.8) is 0 Å². The van der Waals surface area contributed by atoms with Crippen LogP contribution >= 0.6 is 0 Å². The molecule has 2 atom stereocenters. The molecule has 28 heavy (non-hydrogen) atoms. The van der Waals surface area contributed by atoms with Crippen LogP contribution in [0.3, 0.4) is 0 Å². The van der Waals surface area contributed by atoms with Crippen molar-refractivity contribution in [3.8, 4) is 5.75 Å². The molecule has 0 spiro atoms. The second-order valence-corrected chi connectivity index (χ2v) is 10.8. The zero-order valence-corrected chi connectivity index (χ0v) is 17.8. The monoisotopic (exact) mass is 395 g/mol. The summed E-state index contributed by atoms with van der Waals surface area (Å²) in [4.78, 5) is 0. The van der Waals surface area contributed by atoms with Crippen LogP contribution in [-0.2, 0) is 30.4 Å². The van der Waals surface area contributed by atoms with E-state index in [4.69, 9.17) is 4.74 Å². The predicted octanol–water partition coefficient (Wildman–Crippen LogP) is 5.08. The maximum Gasteiger partial charge on any atom is 0.122 e. The van der Waals surface area contributed by atoms with Crippen molar-refractivity contribution in [3.05, 3.63) is 76.5 Å². The number of allylic oxidation sites excluding steroid dienone is 2. The summed E-state index contributed by atoms with van der Waals surface area (Å²) in [5.74, 6) is 1.38. The van der Waals surface area contributed by atoms with Gasteiger partial charge >= 0.3 is 0 Å². The summed E-state index contributed by atoms with van der Waals surface area (Å²) in [5.41, 5.74) is 6.57. The smallest absolute Gasteiger partial charge is 0.122 e. The zero-order chi connectivity index (χ0) is 19.7. The van der Waals surface area contributed by atoms with Crippen LogP contribution in [0.2, 0.25) is 0 Å². The first kappa shape index (κ1) is 19.3. The normalized spacial score (nSPS) is 19.8. The summed E-state index contributed by atoms with van der Waals surface area (Å²) in [6, 6.07) is 16.8. The van der Waals surface area contributed by atoms with Gasteiger partial charge in [-0.05, 0) is 80.9 Å². The molecule has 0 heterocycles. The zero-order valence-electron chi connectivity index (χ0n) is 17.0. The molecule has 0 aliphatic heterocycles. The number of nitrogens with one attached hydrogen (secondary N) is 1. The molecular formula is C24H29NO2S. The van der Waals surface area contributed by atoms with Gasteiger partial charge in [-0.2, -0.15) is 0 Å². The second kappa shape index (κ2) is 7.75. The third-order valence-corrected chi connectivity index (χ3v) is 7.16. The fraction of sp³-hybridized carbons (Fsp3) is 0.417. The highest BCUT2D eigenvalue weighted by molar-refractivity contribution is 7.84. The van der Waals surface area contributed by atoms with Gasteiger partial charge < -0.3 is 9.46 Å². The molecule has 1 N–H and O–H groups in total. The minimum absolute atomic E-state index is 0.259. The first-order chi connectivity index (χ1) is 13.4. The van der Waals surface area contributed by atoms with Crippen LogP contribution in [0, 0.1) is 5.92 Å². The fourth-order valence-corrected chi connectivity index (χ4v) is 4.82. The molecule has 2 unspecified atom stereocenters. The van der Waals surface area contributed by atoms with E-state index in [2.05, 4.69) is 35.1 Å². The van der Waals surface area contributed by atoms with Crippen molar-refractivity contribution in [1.29, 1.82) is 0 Å². The van der Waals surface area contributed by atoms with Crippen molar-refractivity contribution in [1.82, 2.24) is 4.72 Å². The predicted molar refractivity (Wildman–Crippen MR) is 115 cm³/mol. The standard InChI is InChI=1S/C24H29NO2S/c1-24(2,3)28(26)25-23-19-9-10-20(23)14-21-15-22(12-11-18(21)13-19)27-16-17-7-5-4-6-8-17/h4-8,11-12,15,19,25H,9-10,13-14,16H2,1-3H3. The topological polar surface area (TPSA) is 38.3 Å². The highest BCUT2D eigenvalue weighted by Crippen LogP contribution is 2.40. The van der Waals surface area contributed by atoms with E-state index in [1.54, 1.807) is 0 Å². The molecule has 0 saturated carbocycles. The Morgan fingerprint density at radius 2 is 1.89 bits per heavy atom. The lowest BCUT2D eigenvalue weighted by molar-refractivity contribution is 0.306. The molecule has 2 aliphatic carbocycles. The molecule has 2 aromatic rings. The lowest BCUT2D eigenvalue weighted by Gasteiger charge is -2.22. The van der Waals surface area contributed by atoms with Crippen molar-refractivity contribution in [2.45, 2.75) is 57.8 Å². The van der Waals surface area contributed by atoms with E-state index in [0.29, 0.717) is 12.5 Å². The maximum absolute atomic E-state index is 12.7. The van der Waals surface area contributed by atoms with Gasteiger partial charge in [0.2, 0.25) is 0 Å². The summed E-state index contributed by atoms with van der Waals surface area (Å²) in [5, 5.41) is 0. The third kappa shape index (κ3) is 4.17. The Bertz CT molecular complexity index is 912. The molecule has 0 aromatic heterocycles. The van der Waals surface area contributed by atoms with Crippen molar-refractivity contribution in [2.75, 3.05) is 0 Å². The molecule has 148 valence electrons. The minimum atomic E-state index is -1.07. The molecule has 0 fully saturated rings. The Kier molecular flexibility index (Phi) is 5.33. The molecule has 3 nitrogen and oxygen atoms in total. The van der Waals surface area contributed by atoms with Gasteiger partial charge in [0.25, 0.3) is 0 Å². The summed E-state index contributed by atoms with van der Waals surface area (Å²) < 4.78 is 21.8. The van der Waals surface area contributed by atoms with Gasteiger partial charge in [-0.3, -0.25) is 0 Å². The van der Waals surface area contributed by atoms with Crippen molar-refractivity contribution < 1.29 is 8.95 Å². The maximum atomic E-state index is 12.7. The van der Waals surface area contributed by atoms with Crippen molar-refractivity contribution in [2.24, 2.45) is 5.92 Å². The summed E-state index contributed by atoms with van der Waals surface area (Å²) >= 11 is 0. The van der Waals surface area contributed by atoms with E-state index < -0.39 is 11.0 Å². The minimum Gasteiger partial charge on any atom is -0.489 e. The van der Waals surface area contributed by atoms with Gasteiger partial charge in [-0.15, -0.1) is 0 Å². The van der Waals surface area contributed by atoms with Crippen LogP contribution < -0.4 is 9.46 Å². The number of rotatable bonds is 5. The van der Waals surface area contributed by atoms with Crippen LogP contribution in [-0.4, -0.2) is 8.96 Å². The van der Waals surface area contributed by atoms with Crippen LogP contribution in [0.15, 0.2) is 59.8 Å². The Hall–Kier alpha value is -2.07. The highest BCUT2D eigenvalue weighted by Gasteiger charge is 2.32. The van der Waals surface area contributed by atoms with Crippen LogP contribution in [0.5, 0.6) is 5.75 Å². The lowest BCUT2D eigenvalue weighted by Crippen LogP contribution is -2.34. The molecule has 2 aromatic carbocycles. The van der Waals surface area contributed by atoms with Crippen molar-refractivity contribution >= 4 is 11.0 Å². The molecule has 0 saturated heterocycles.